The molecule has 0 unspecified atom stereocenters. The molecule has 0 aromatic heterocycles. The smallest absolute Gasteiger partial charge is 0.241 e. The molecule has 2 amide bonds. The molecule has 0 aromatic carbocycles. The molecular formula is C13H25N3O2. The lowest BCUT2D eigenvalue weighted by Crippen LogP contribution is -2.49. The van der Waals surface area contributed by atoms with E-state index < -0.39 is 5.41 Å². The van der Waals surface area contributed by atoms with Crippen molar-refractivity contribution in [2.24, 2.45) is 11.1 Å². The summed E-state index contributed by atoms with van der Waals surface area (Å²) in [7, 11) is 3.41. The predicted molar refractivity (Wildman–Crippen MR) is 70.9 cm³/mol. The summed E-state index contributed by atoms with van der Waals surface area (Å²) in [5, 5.41) is 0. The Morgan fingerprint density at radius 3 is 2.17 bits per heavy atom. The fraction of sp³-hybridized carbons (Fsp3) is 0.846. The van der Waals surface area contributed by atoms with Gasteiger partial charge in [-0.15, -0.1) is 0 Å². The van der Waals surface area contributed by atoms with Crippen LogP contribution in [-0.2, 0) is 9.59 Å². The highest BCUT2D eigenvalue weighted by Gasteiger charge is 2.42. The van der Waals surface area contributed by atoms with E-state index in [0.717, 1.165) is 25.7 Å². The second-order valence-electron chi connectivity index (χ2n) is 5.30. The first kappa shape index (κ1) is 15.0. The molecule has 1 aliphatic carbocycles. The standard InChI is InChI=1S/C13H25N3O2/c1-4-16(9-11(17)15(2)3)12(18)13(10-14)7-5-6-8-13/h4-10,14H2,1-3H3. The van der Waals surface area contributed by atoms with Gasteiger partial charge in [0.2, 0.25) is 11.8 Å². The number of amides is 2. The van der Waals surface area contributed by atoms with Crippen LogP contribution in [0.25, 0.3) is 0 Å². The van der Waals surface area contributed by atoms with Crippen molar-refractivity contribution < 1.29 is 9.59 Å². The number of hydrogen-bond donors (Lipinski definition) is 1. The van der Waals surface area contributed by atoms with Crippen LogP contribution in [0.1, 0.15) is 32.6 Å². The summed E-state index contributed by atoms with van der Waals surface area (Å²) >= 11 is 0. The van der Waals surface area contributed by atoms with Crippen molar-refractivity contribution in [1.29, 1.82) is 0 Å². The summed E-state index contributed by atoms with van der Waals surface area (Å²) in [5.74, 6) is 0.00979. The average molecular weight is 255 g/mol. The summed E-state index contributed by atoms with van der Waals surface area (Å²) in [6.45, 7) is 3.00. The summed E-state index contributed by atoms with van der Waals surface area (Å²) < 4.78 is 0. The number of nitrogens with two attached hydrogens (primary N) is 1. The van der Waals surface area contributed by atoms with Gasteiger partial charge in [-0.2, -0.15) is 0 Å². The third kappa shape index (κ3) is 3.02. The third-order valence-corrected chi connectivity index (χ3v) is 3.90. The van der Waals surface area contributed by atoms with Crippen molar-refractivity contribution in [3.05, 3.63) is 0 Å². The van der Waals surface area contributed by atoms with E-state index in [2.05, 4.69) is 0 Å². The Kier molecular flexibility index (Phi) is 5.14. The van der Waals surface area contributed by atoms with Gasteiger partial charge in [-0.1, -0.05) is 12.8 Å². The van der Waals surface area contributed by atoms with Gasteiger partial charge >= 0.3 is 0 Å². The second-order valence-corrected chi connectivity index (χ2v) is 5.30. The molecule has 0 bridgehead atoms. The number of carbonyl (C=O) groups excluding carboxylic acids is 2. The van der Waals surface area contributed by atoms with Crippen molar-refractivity contribution in [3.63, 3.8) is 0 Å². The first-order chi connectivity index (χ1) is 8.46. The highest BCUT2D eigenvalue weighted by molar-refractivity contribution is 5.88. The van der Waals surface area contributed by atoms with E-state index in [1.165, 1.54) is 4.90 Å². The lowest BCUT2D eigenvalue weighted by atomic mass is 9.84. The number of likely N-dealkylation sites (N-methyl/N-ethyl adjacent to an activating group) is 2. The second kappa shape index (κ2) is 6.18. The molecule has 18 heavy (non-hydrogen) atoms. The maximum absolute atomic E-state index is 12.6. The highest BCUT2D eigenvalue weighted by Crippen LogP contribution is 2.38. The maximum atomic E-state index is 12.6. The van der Waals surface area contributed by atoms with Gasteiger partial charge in [-0.05, 0) is 19.8 Å². The zero-order valence-electron chi connectivity index (χ0n) is 11.7. The van der Waals surface area contributed by atoms with Crippen LogP contribution in [-0.4, -0.2) is 55.3 Å². The lowest BCUT2D eigenvalue weighted by Gasteiger charge is -2.33. The zero-order valence-corrected chi connectivity index (χ0v) is 11.7. The molecule has 2 N–H and O–H groups in total. The molecule has 0 heterocycles. The molecule has 5 nitrogen and oxygen atoms in total. The first-order valence-electron chi connectivity index (χ1n) is 6.66. The number of carbonyl (C=O) groups is 2. The molecule has 0 aliphatic heterocycles. The molecule has 1 fully saturated rings. The van der Waals surface area contributed by atoms with Gasteiger partial charge in [0.25, 0.3) is 0 Å². The van der Waals surface area contributed by atoms with E-state index >= 15 is 0 Å². The Bertz CT molecular complexity index is 309. The van der Waals surface area contributed by atoms with Gasteiger partial charge in [0.15, 0.2) is 0 Å². The van der Waals surface area contributed by atoms with E-state index in [-0.39, 0.29) is 18.4 Å². The zero-order chi connectivity index (χ0) is 13.8. The van der Waals surface area contributed by atoms with E-state index in [1.807, 2.05) is 6.92 Å². The van der Waals surface area contributed by atoms with Crippen LogP contribution in [0.2, 0.25) is 0 Å². The molecule has 104 valence electrons. The molecular weight excluding hydrogens is 230 g/mol. The van der Waals surface area contributed by atoms with Crippen molar-refractivity contribution in [2.75, 3.05) is 33.7 Å². The third-order valence-electron chi connectivity index (χ3n) is 3.90. The SMILES string of the molecule is CCN(CC(=O)N(C)C)C(=O)C1(CN)CCCC1. The average Bonchev–Trinajstić information content (AvgIpc) is 2.84. The van der Waals surface area contributed by atoms with E-state index in [9.17, 15) is 9.59 Å². The lowest BCUT2D eigenvalue weighted by molar-refractivity contribution is -0.146. The van der Waals surface area contributed by atoms with E-state index in [4.69, 9.17) is 5.73 Å². The van der Waals surface area contributed by atoms with Crippen molar-refractivity contribution in [1.82, 2.24) is 9.80 Å². The first-order valence-corrected chi connectivity index (χ1v) is 6.66. The van der Waals surface area contributed by atoms with E-state index in [1.54, 1.807) is 19.0 Å². The van der Waals surface area contributed by atoms with Crippen LogP contribution in [0.15, 0.2) is 0 Å². The molecule has 0 aromatic rings. The number of rotatable bonds is 5. The predicted octanol–water partition coefficient (Wildman–Crippen LogP) is 0.442. The summed E-state index contributed by atoms with van der Waals surface area (Å²) in [4.78, 5) is 27.4. The summed E-state index contributed by atoms with van der Waals surface area (Å²) in [6, 6.07) is 0. The molecule has 5 heteroatoms. The van der Waals surface area contributed by atoms with Crippen LogP contribution >= 0.6 is 0 Å². The molecule has 0 saturated heterocycles. The van der Waals surface area contributed by atoms with Crippen molar-refractivity contribution >= 4 is 11.8 Å². The minimum Gasteiger partial charge on any atom is -0.347 e. The van der Waals surface area contributed by atoms with Gasteiger partial charge < -0.3 is 15.5 Å². The fourth-order valence-corrected chi connectivity index (χ4v) is 2.52. The van der Waals surface area contributed by atoms with Crippen LogP contribution in [0, 0.1) is 5.41 Å². The normalized spacial score (nSPS) is 17.6. The molecule has 0 spiro atoms. The van der Waals surface area contributed by atoms with Crippen LogP contribution in [0.5, 0.6) is 0 Å². The minimum atomic E-state index is -0.414. The molecule has 0 radical (unpaired) electrons. The Balaban J connectivity index is 2.75. The van der Waals surface area contributed by atoms with Gasteiger partial charge in [0.05, 0.1) is 12.0 Å². The largest absolute Gasteiger partial charge is 0.347 e. The van der Waals surface area contributed by atoms with Crippen LogP contribution in [0.3, 0.4) is 0 Å². The molecule has 1 saturated carbocycles. The van der Waals surface area contributed by atoms with Crippen molar-refractivity contribution in [2.45, 2.75) is 32.6 Å². The molecule has 1 rings (SSSR count). The van der Waals surface area contributed by atoms with Gasteiger partial charge in [0, 0.05) is 27.2 Å². The van der Waals surface area contributed by atoms with Crippen LogP contribution in [0.4, 0.5) is 0 Å². The Morgan fingerprint density at radius 1 is 1.22 bits per heavy atom. The number of nitrogens with zero attached hydrogens (tertiary/aromatic N) is 2. The van der Waals surface area contributed by atoms with Gasteiger partial charge in [-0.25, -0.2) is 0 Å². The minimum absolute atomic E-state index is 0.0460. The highest BCUT2D eigenvalue weighted by atomic mass is 16.2. The Labute approximate surface area is 109 Å². The molecule has 0 atom stereocenters. The summed E-state index contributed by atoms with van der Waals surface area (Å²) in [6.07, 6.45) is 3.83. The quantitative estimate of drug-likeness (QED) is 0.775. The van der Waals surface area contributed by atoms with E-state index in [0.29, 0.717) is 13.1 Å². The monoisotopic (exact) mass is 255 g/mol. The summed E-state index contributed by atoms with van der Waals surface area (Å²) in [5.41, 5.74) is 5.40. The fourth-order valence-electron chi connectivity index (χ4n) is 2.52. The maximum Gasteiger partial charge on any atom is 0.241 e. The van der Waals surface area contributed by atoms with Gasteiger partial charge in [0.1, 0.15) is 0 Å². The topological polar surface area (TPSA) is 66.6 Å². The van der Waals surface area contributed by atoms with Crippen molar-refractivity contribution in [3.8, 4) is 0 Å². The Morgan fingerprint density at radius 2 is 1.78 bits per heavy atom. The Hall–Kier alpha value is -1.10. The molecule has 1 aliphatic rings. The number of hydrogen-bond acceptors (Lipinski definition) is 3. The van der Waals surface area contributed by atoms with Crippen LogP contribution < -0.4 is 5.73 Å². The van der Waals surface area contributed by atoms with Gasteiger partial charge in [-0.3, -0.25) is 9.59 Å².